The Morgan fingerprint density at radius 1 is 1.45 bits per heavy atom. The number of piperazine rings is 1. The molecule has 1 aliphatic heterocycles. The summed E-state index contributed by atoms with van der Waals surface area (Å²) >= 11 is 3.21. The molecule has 0 spiro atoms. The Labute approximate surface area is 126 Å². The Bertz CT molecular complexity index is 633. The molecule has 1 aliphatic rings. The number of nitrogens with one attached hydrogen (secondary N) is 1. The van der Waals surface area contributed by atoms with E-state index in [1.54, 1.807) is 0 Å². The zero-order valence-electron chi connectivity index (χ0n) is 11.0. The molecule has 2 rings (SSSR count). The SMILES string of the molecule is C[C@@H]1CN(S(=O)(=O)c2cc(Br)cc(C(N)=O)c2)CCN1. The van der Waals surface area contributed by atoms with Crippen molar-refractivity contribution < 1.29 is 13.2 Å². The van der Waals surface area contributed by atoms with E-state index in [1.165, 1.54) is 22.5 Å². The van der Waals surface area contributed by atoms with E-state index in [0.29, 0.717) is 24.1 Å². The fourth-order valence-corrected chi connectivity index (χ4v) is 4.36. The van der Waals surface area contributed by atoms with Gasteiger partial charge in [0.05, 0.1) is 4.90 Å². The summed E-state index contributed by atoms with van der Waals surface area (Å²) in [6.45, 7) is 3.35. The highest BCUT2D eigenvalue weighted by Crippen LogP contribution is 2.23. The quantitative estimate of drug-likeness (QED) is 0.821. The lowest BCUT2D eigenvalue weighted by molar-refractivity contribution is 0.1000. The zero-order chi connectivity index (χ0) is 14.9. The second-order valence-corrected chi connectivity index (χ2v) is 7.61. The first-order valence-electron chi connectivity index (χ1n) is 6.14. The highest BCUT2D eigenvalue weighted by Gasteiger charge is 2.29. The Morgan fingerprint density at radius 3 is 2.75 bits per heavy atom. The van der Waals surface area contributed by atoms with Crippen LogP contribution < -0.4 is 11.1 Å². The molecule has 1 saturated heterocycles. The van der Waals surface area contributed by atoms with Gasteiger partial charge in [-0.2, -0.15) is 4.31 Å². The summed E-state index contributed by atoms with van der Waals surface area (Å²) in [5.74, 6) is -0.656. The molecule has 20 heavy (non-hydrogen) atoms. The van der Waals surface area contributed by atoms with Gasteiger partial charge < -0.3 is 11.1 Å². The maximum absolute atomic E-state index is 12.6. The van der Waals surface area contributed by atoms with Crippen LogP contribution in [0.3, 0.4) is 0 Å². The summed E-state index contributed by atoms with van der Waals surface area (Å²) in [5, 5.41) is 3.19. The minimum atomic E-state index is -3.62. The smallest absolute Gasteiger partial charge is 0.248 e. The van der Waals surface area contributed by atoms with Crippen molar-refractivity contribution in [2.24, 2.45) is 5.73 Å². The summed E-state index contributed by atoms with van der Waals surface area (Å²) in [5.41, 5.74) is 5.38. The number of nitrogens with two attached hydrogens (primary N) is 1. The van der Waals surface area contributed by atoms with E-state index in [4.69, 9.17) is 5.73 Å². The number of carbonyl (C=O) groups is 1. The van der Waals surface area contributed by atoms with Gasteiger partial charge in [0.2, 0.25) is 15.9 Å². The molecular formula is C12H16BrN3O3S. The molecular weight excluding hydrogens is 346 g/mol. The number of benzene rings is 1. The van der Waals surface area contributed by atoms with Gasteiger partial charge >= 0.3 is 0 Å². The van der Waals surface area contributed by atoms with Gasteiger partial charge in [0.25, 0.3) is 0 Å². The molecule has 1 aromatic carbocycles. The van der Waals surface area contributed by atoms with Crippen molar-refractivity contribution >= 4 is 31.9 Å². The van der Waals surface area contributed by atoms with Crippen molar-refractivity contribution in [3.8, 4) is 0 Å². The molecule has 0 unspecified atom stereocenters. The number of hydrogen-bond acceptors (Lipinski definition) is 4. The van der Waals surface area contributed by atoms with Crippen LogP contribution in [-0.2, 0) is 10.0 Å². The van der Waals surface area contributed by atoms with Crippen LogP contribution in [0.25, 0.3) is 0 Å². The Morgan fingerprint density at radius 2 is 2.15 bits per heavy atom. The van der Waals surface area contributed by atoms with Crippen molar-refractivity contribution in [1.29, 1.82) is 0 Å². The average Bonchev–Trinajstić information content (AvgIpc) is 2.38. The van der Waals surface area contributed by atoms with E-state index in [0.717, 1.165) is 0 Å². The fourth-order valence-electron chi connectivity index (χ4n) is 2.12. The molecule has 1 atom stereocenters. The molecule has 3 N–H and O–H groups in total. The molecule has 110 valence electrons. The van der Waals surface area contributed by atoms with Crippen molar-refractivity contribution in [2.45, 2.75) is 17.9 Å². The van der Waals surface area contributed by atoms with Crippen LogP contribution in [0.2, 0.25) is 0 Å². The van der Waals surface area contributed by atoms with E-state index in [-0.39, 0.29) is 16.5 Å². The standard InChI is InChI=1S/C12H16BrN3O3S/c1-8-7-16(3-2-15-8)20(18,19)11-5-9(12(14)17)4-10(13)6-11/h4-6,8,15H,2-3,7H2,1H3,(H2,14,17)/t8-/m1/s1. The average molecular weight is 362 g/mol. The molecule has 6 nitrogen and oxygen atoms in total. The number of hydrogen-bond donors (Lipinski definition) is 2. The normalized spacial score (nSPS) is 20.8. The van der Waals surface area contributed by atoms with Gasteiger partial charge in [-0.3, -0.25) is 4.79 Å². The van der Waals surface area contributed by atoms with Crippen molar-refractivity contribution in [2.75, 3.05) is 19.6 Å². The minimum Gasteiger partial charge on any atom is -0.366 e. The second kappa shape index (κ2) is 5.80. The van der Waals surface area contributed by atoms with Crippen LogP contribution >= 0.6 is 15.9 Å². The van der Waals surface area contributed by atoms with Crippen LogP contribution in [0, 0.1) is 0 Å². The molecule has 0 radical (unpaired) electrons. The Balaban J connectivity index is 2.41. The van der Waals surface area contributed by atoms with Gasteiger partial charge in [0.15, 0.2) is 0 Å². The molecule has 8 heteroatoms. The molecule has 1 aromatic rings. The molecule has 1 fully saturated rings. The molecule has 0 saturated carbocycles. The van der Waals surface area contributed by atoms with E-state index in [2.05, 4.69) is 21.2 Å². The number of sulfonamides is 1. The van der Waals surface area contributed by atoms with E-state index < -0.39 is 15.9 Å². The summed E-state index contributed by atoms with van der Waals surface area (Å²) in [7, 11) is -3.62. The lowest BCUT2D eigenvalue weighted by atomic mass is 10.2. The van der Waals surface area contributed by atoms with E-state index >= 15 is 0 Å². The molecule has 1 heterocycles. The Kier molecular flexibility index (Phi) is 4.48. The van der Waals surface area contributed by atoms with Crippen LogP contribution in [0.15, 0.2) is 27.6 Å². The van der Waals surface area contributed by atoms with Gasteiger partial charge in [0.1, 0.15) is 0 Å². The van der Waals surface area contributed by atoms with Gasteiger partial charge in [0, 0.05) is 35.7 Å². The molecule has 0 aromatic heterocycles. The van der Waals surface area contributed by atoms with Crippen molar-refractivity contribution in [3.63, 3.8) is 0 Å². The summed E-state index contributed by atoms with van der Waals surface area (Å²) in [6, 6.07) is 4.40. The first-order chi connectivity index (χ1) is 9.30. The zero-order valence-corrected chi connectivity index (χ0v) is 13.4. The maximum atomic E-state index is 12.6. The highest BCUT2D eigenvalue weighted by molar-refractivity contribution is 9.10. The summed E-state index contributed by atoms with van der Waals surface area (Å²) < 4.78 is 27.1. The monoisotopic (exact) mass is 361 g/mol. The molecule has 1 amide bonds. The lowest BCUT2D eigenvalue weighted by Crippen LogP contribution is -2.51. The van der Waals surface area contributed by atoms with Gasteiger partial charge in [-0.1, -0.05) is 15.9 Å². The first kappa shape index (κ1) is 15.4. The van der Waals surface area contributed by atoms with Crippen molar-refractivity contribution in [1.82, 2.24) is 9.62 Å². The fraction of sp³-hybridized carbons (Fsp3) is 0.417. The van der Waals surface area contributed by atoms with Gasteiger partial charge in [-0.05, 0) is 25.1 Å². The van der Waals surface area contributed by atoms with Crippen molar-refractivity contribution in [3.05, 3.63) is 28.2 Å². The molecule has 0 aliphatic carbocycles. The van der Waals surface area contributed by atoms with E-state index in [9.17, 15) is 13.2 Å². The summed E-state index contributed by atoms with van der Waals surface area (Å²) in [4.78, 5) is 11.3. The van der Waals surface area contributed by atoms with Crippen LogP contribution in [0.5, 0.6) is 0 Å². The third-order valence-electron chi connectivity index (χ3n) is 3.13. The van der Waals surface area contributed by atoms with Gasteiger partial charge in [-0.15, -0.1) is 0 Å². The summed E-state index contributed by atoms with van der Waals surface area (Å²) in [6.07, 6.45) is 0. The number of halogens is 1. The second-order valence-electron chi connectivity index (χ2n) is 4.76. The number of rotatable bonds is 3. The number of primary amides is 1. The van der Waals surface area contributed by atoms with Crippen LogP contribution in [0.1, 0.15) is 17.3 Å². The third-order valence-corrected chi connectivity index (χ3v) is 5.43. The van der Waals surface area contributed by atoms with Gasteiger partial charge in [-0.25, -0.2) is 8.42 Å². The first-order valence-corrected chi connectivity index (χ1v) is 8.38. The number of amides is 1. The number of nitrogens with zero attached hydrogens (tertiary/aromatic N) is 1. The number of carbonyl (C=O) groups excluding carboxylic acids is 1. The van der Waals surface area contributed by atoms with Crippen LogP contribution in [0.4, 0.5) is 0 Å². The predicted octanol–water partition coefficient (Wildman–Crippen LogP) is 0.530. The topological polar surface area (TPSA) is 92.5 Å². The predicted molar refractivity (Wildman–Crippen MR) is 78.9 cm³/mol. The maximum Gasteiger partial charge on any atom is 0.248 e. The minimum absolute atomic E-state index is 0.0785. The molecule has 0 bridgehead atoms. The third kappa shape index (κ3) is 3.20. The van der Waals surface area contributed by atoms with Crippen LogP contribution in [-0.4, -0.2) is 44.3 Å². The van der Waals surface area contributed by atoms with E-state index in [1.807, 2.05) is 6.92 Å². The highest BCUT2D eigenvalue weighted by atomic mass is 79.9. The largest absolute Gasteiger partial charge is 0.366 e. The lowest BCUT2D eigenvalue weighted by Gasteiger charge is -2.31. The Hall–Kier alpha value is -0.960.